The van der Waals surface area contributed by atoms with Crippen molar-refractivity contribution in [1.29, 1.82) is 0 Å². The van der Waals surface area contributed by atoms with Crippen LogP contribution in [0.1, 0.15) is 23.3 Å². The summed E-state index contributed by atoms with van der Waals surface area (Å²) in [7, 11) is 0. The van der Waals surface area contributed by atoms with Crippen LogP contribution >= 0.6 is 11.3 Å². The lowest BCUT2D eigenvalue weighted by molar-refractivity contribution is -0.114. The van der Waals surface area contributed by atoms with Crippen LogP contribution in [0.2, 0.25) is 0 Å². The first-order valence-corrected chi connectivity index (χ1v) is 8.20. The Balaban J connectivity index is 1.67. The Morgan fingerprint density at radius 2 is 2.00 bits per heavy atom. The minimum atomic E-state index is -0.118. The van der Waals surface area contributed by atoms with Crippen molar-refractivity contribution >= 4 is 33.6 Å². The smallest absolute Gasteiger partial charge is 0.243 e. The maximum Gasteiger partial charge on any atom is 0.243 e. The van der Waals surface area contributed by atoms with Crippen molar-refractivity contribution in [2.75, 3.05) is 17.2 Å². The van der Waals surface area contributed by atoms with Gasteiger partial charge >= 0.3 is 0 Å². The van der Waals surface area contributed by atoms with Gasteiger partial charge in [-0.2, -0.15) is 0 Å². The Bertz CT molecular complexity index is 715. The molecular formula is C17H17N3OS. The number of carbonyl (C=O) groups is 1. The van der Waals surface area contributed by atoms with E-state index in [-0.39, 0.29) is 12.5 Å². The highest BCUT2D eigenvalue weighted by Crippen LogP contribution is 2.43. The molecule has 1 amide bonds. The fraction of sp³-hybridized carbons (Fsp3) is 0.294. The maximum absolute atomic E-state index is 12.1. The van der Waals surface area contributed by atoms with Gasteiger partial charge in [-0.15, -0.1) is 11.3 Å². The van der Waals surface area contributed by atoms with Gasteiger partial charge in [0.25, 0.3) is 0 Å². The highest BCUT2D eigenvalue weighted by molar-refractivity contribution is 7.17. The first kappa shape index (κ1) is 14.6. The molecule has 0 spiro atoms. The number of amides is 1. The van der Waals surface area contributed by atoms with Crippen LogP contribution in [0, 0.1) is 6.57 Å². The summed E-state index contributed by atoms with van der Waals surface area (Å²) in [6.07, 6.45) is 4.30. The van der Waals surface area contributed by atoms with Crippen LogP contribution in [0.25, 0.3) is 4.85 Å². The van der Waals surface area contributed by atoms with E-state index in [4.69, 9.17) is 6.57 Å². The molecule has 0 fully saturated rings. The van der Waals surface area contributed by atoms with Crippen molar-refractivity contribution in [3.8, 4) is 0 Å². The van der Waals surface area contributed by atoms with E-state index in [1.54, 1.807) is 11.3 Å². The maximum atomic E-state index is 12.1. The second kappa shape index (κ2) is 6.63. The highest BCUT2D eigenvalue weighted by Gasteiger charge is 2.21. The summed E-state index contributed by atoms with van der Waals surface area (Å²) in [4.78, 5) is 17.0. The molecule has 0 saturated carbocycles. The van der Waals surface area contributed by atoms with Crippen LogP contribution in [0.4, 0.5) is 16.4 Å². The molecule has 1 aromatic heterocycles. The van der Waals surface area contributed by atoms with Crippen LogP contribution in [0.3, 0.4) is 0 Å². The summed E-state index contributed by atoms with van der Waals surface area (Å²) in [5.74, 6) is -0.118. The van der Waals surface area contributed by atoms with Gasteiger partial charge in [-0.25, -0.2) is 4.85 Å². The quantitative estimate of drug-likeness (QED) is 0.830. The standard InChI is InChI=1S/C17H17N3OS/c1-18-16-13-9-5-6-10-14(13)22-17(16)20-15(21)11-19-12-7-3-2-4-8-12/h2-4,7-8,19H,5-6,9-11H2,(H,20,21). The third-order valence-corrected chi connectivity index (χ3v) is 4.93. The van der Waals surface area contributed by atoms with Crippen molar-refractivity contribution in [1.82, 2.24) is 0 Å². The number of carbonyl (C=O) groups excluding carboxylic acids is 1. The molecule has 5 heteroatoms. The van der Waals surface area contributed by atoms with E-state index in [0.717, 1.165) is 30.5 Å². The molecule has 0 saturated heterocycles. The van der Waals surface area contributed by atoms with Gasteiger partial charge in [0, 0.05) is 5.69 Å². The molecule has 2 N–H and O–H groups in total. The number of para-hydroxylation sites is 1. The molecule has 1 aromatic carbocycles. The molecule has 2 aromatic rings. The number of fused-ring (bicyclic) bond motifs is 1. The Morgan fingerprint density at radius 1 is 1.23 bits per heavy atom. The van der Waals surface area contributed by atoms with E-state index >= 15 is 0 Å². The lowest BCUT2D eigenvalue weighted by Crippen LogP contribution is -2.21. The van der Waals surface area contributed by atoms with E-state index < -0.39 is 0 Å². The van der Waals surface area contributed by atoms with Crippen molar-refractivity contribution in [3.05, 3.63) is 52.2 Å². The van der Waals surface area contributed by atoms with Crippen LogP contribution in [0.5, 0.6) is 0 Å². The molecular weight excluding hydrogens is 294 g/mol. The molecule has 3 rings (SSSR count). The number of benzene rings is 1. The summed E-state index contributed by atoms with van der Waals surface area (Å²) in [6.45, 7) is 7.59. The summed E-state index contributed by atoms with van der Waals surface area (Å²) >= 11 is 1.56. The van der Waals surface area contributed by atoms with Crippen LogP contribution in [-0.4, -0.2) is 12.5 Å². The topological polar surface area (TPSA) is 45.5 Å². The molecule has 0 bridgehead atoms. The molecule has 4 nitrogen and oxygen atoms in total. The Labute approximate surface area is 134 Å². The van der Waals surface area contributed by atoms with Gasteiger partial charge in [0.2, 0.25) is 11.6 Å². The molecule has 0 radical (unpaired) electrons. The molecule has 1 aliphatic carbocycles. The Morgan fingerprint density at radius 3 is 2.77 bits per heavy atom. The summed E-state index contributed by atoms with van der Waals surface area (Å²) in [6, 6.07) is 9.61. The zero-order valence-electron chi connectivity index (χ0n) is 12.2. The average molecular weight is 311 g/mol. The van der Waals surface area contributed by atoms with Crippen molar-refractivity contribution in [2.24, 2.45) is 0 Å². The van der Waals surface area contributed by atoms with Gasteiger partial charge in [-0.3, -0.25) is 4.79 Å². The zero-order chi connectivity index (χ0) is 15.4. The normalized spacial score (nSPS) is 13.0. The fourth-order valence-corrected chi connectivity index (χ4v) is 3.91. The number of aryl methyl sites for hydroxylation is 1. The summed E-state index contributed by atoms with van der Waals surface area (Å²) in [5, 5.41) is 6.68. The largest absolute Gasteiger partial charge is 0.376 e. The number of thiophene rings is 1. The molecule has 22 heavy (non-hydrogen) atoms. The average Bonchev–Trinajstić information content (AvgIpc) is 2.91. The second-order valence-electron chi connectivity index (χ2n) is 5.27. The summed E-state index contributed by atoms with van der Waals surface area (Å²) < 4.78 is 0. The minimum absolute atomic E-state index is 0.118. The van der Waals surface area contributed by atoms with E-state index in [1.807, 2.05) is 30.3 Å². The van der Waals surface area contributed by atoms with Gasteiger partial charge in [-0.1, -0.05) is 24.6 Å². The number of anilines is 2. The predicted octanol–water partition coefficient (Wildman–Crippen LogP) is 4.23. The van der Waals surface area contributed by atoms with Crippen molar-refractivity contribution in [3.63, 3.8) is 0 Å². The third kappa shape index (κ3) is 3.12. The SMILES string of the molecule is [C-]#[N+]c1c(NC(=O)CNc2ccccc2)sc2c1CCCC2. The number of nitrogens with zero attached hydrogens (tertiary/aromatic N) is 1. The molecule has 0 unspecified atom stereocenters. The fourth-order valence-electron chi connectivity index (χ4n) is 2.66. The lowest BCUT2D eigenvalue weighted by Gasteiger charge is -2.10. The predicted molar refractivity (Wildman–Crippen MR) is 90.8 cm³/mol. The highest BCUT2D eigenvalue weighted by atomic mass is 32.1. The van der Waals surface area contributed by atoms with Gasteiger partial charge < -0.3 is 10.6 Å². The van der Waals surface area contributed by atoms with Crippen molar-refractivity contribution < 1.29 is 4.79 Å². The number of nitrogens with one attached hydrogen (secondary N) is 2. The first-order chi connectivity index (χ1) is 10.8. The monoisotopic (exact) mass is 311 g/mol. The van der Waals surface area contributed by atoms with Crippen LogP contribution < -0.4 is 10.6 Å². The van der Waals surface area contributed by atoms with Gasteiger partial charge in [0.05, 0.1) is 13.1 Å². The third-order valence-electron chi connectivity index (χ3n) is 3.74. The lowest BCUT2D eigenvalue weighted by atomic mass is 9.98. The van der Waals surface area contributed by atoms with Crippen LogP contribution in [0.15, 0.2) is 30.3 Å². The van der Waals surface area contributed by atoms with Gasteiger partial charge in [0.1, 0.15) is 5.00 Å². The second-order valence-corrected chi connectivity index (χ2v) is 6.37. The molecule has 112 valence electrons. The van der Waals surface area contributed by atoms with E-state index in [9.17, 15) is 4.79 Å². The number of rotatable bonds is 4. The van der Waals surface area contributed by atoms with Crippen LogP contribution in [-0.2, 0) is 17.6 Å². The Kier molecular flexibility index (Phi) is 4.40. The first-order valence-electron chi connectivity index (χ1n) is 7.38. The van der Waals surface area contributed by atoms with E-state index in [1.165, 1.54) is 11.3 Å². The molecule has 0 atom stereocenters. The molecule has 0 aliphatic heterocycles. The molecule has 1 aliphatic rings. The molecule has 1 heterocycles. The van der Waals surface area contributed by atoms with E-state index in [0.29, 0.717) is 10.7 Å². The van der Waals surface area contributed by atoms with Gasteiger partial charge in [0.15, 0.2) is 0 Å². The summed E-state index contributed by atoms with van der Waals surface area (Å²) in [5.41, 5.74) is 2.71. The Hall–Kier alpha value is -2.32. The zero-order valence-corrected chi connectivity index (χ0v) is 13.0. The number of hydrogen-bond donors (Lipinski definition) is 2. The van der Waals surface area contributed by atoms with Crippen molar-refractivity contribution in [2.45, 2.75) is 25.7 Å². The minimum Gasteiger partial charge on any atom is -0.376 e. The van der Waals surface area contributed by atoms with E-state index in [2.05, 4.69) is 15.5 Å². The number of hydrogen-bond acceptors (Lipinski definition) is 3. The van der Waals surface area contributed by atoms with Gasteiger partial charge in [-0.05, 0) is 41.8 Å².